The lowest BCUT2D eigenvalue weighted by Gasteiger charge is -2.15. The summed E-state index contributed by atoms with van der Waals surface area (Å²) in [6.07, 6.45) is -1.12. The minimum Gasteiger partial charge on any atom is -0.447 e. The predicted octanol–water partition coefficient (Wildman–Crippen LogP) is 5.25. The van der Waals surface area contributed by atoms with Gasteiger partial charge >= 0.3 is 12.0 Å². The first-order valence-electron chi connectivity index (χ1n) is 9.76. The third-order valence-electron chi connectivity index (χ3n) is 4.56. The fourth-order valence-corrected chi connectivity index (χ4v) is 3.19. The maximum absolute atomic E-state index is 13.0. The van der Waals surface area contributed by atoms with Crippen molar-refractivity contribution in [2.75, 3.05) is 5.32 Å². The normalized spacial score (nSPS) is 11.5. The number of amides is 1. The number of aromatic nitrogens is 1. The van der Waals surface area contributed by atoms with E-state index in [1.54, 1.807) is 24.3 Å². The number of hydrogen-bond donors (Lipinski definition) is 1. The molecular formula is C25H20N2O4. The summed E-state index contributed by atoms with van der Waals surface area (Å²) < 4.78 is 11.2. The van der Waals surface area contributed by atoms with Crippen molar-refractivity contribution in [3.8, 4) is 22.6 Å². The van der Waals surface area contributed by atoms with E-state index in [1.165, 1.54) is 6.92 Å². The highest BCUT2D eigenvalue weighted by molar-refractivity contribution is 5.95. The van der Waals surface area contributed by atoms with Crippen LogP contribution >= 0.6 is 0 Å². The number of carbonyl (C=O) groups is 2. The van der Waals surface area contributed by atoms with Gasteiger partial charge in [-0.2, -0.15) is 4.98 Å². The zero-order valence-electron chi connectivity index (χ0n) is 16.8. The standard InChI is InChI=1S/C25H20N2O4/c1-17(28)30-23(20-15-9-4-10-16-20)24(29)27-25-26-21(18-11-5-2-6-12-18)22(31-25)19-13-7-3-8-14-19/h2-16,23H,1H3,(H,26,27,29)/t23-/m1/s1. The third-order valence-corrected chi connectivity index (χ3v) is 4.56. The molecule has 4 aromatic rings. The van der Waals surface area contributed by atoms with Crippen molar-refractivity contribution in [1.82, 2.24) is 4.98 Å². The van der Waals surface area contributed by atoms with Crippen LogP contribution in [0.2, 0.25) is 0 Å². The summed E-state index contributed by atoms with van der Waals surface area (Å²) in [5, 5.41) is 2.65. The molecule has 31 heavy (non-hydrogen) atoms. The minimum atomic E-state index is -1.12. The van der Waals surface area contributed by atoms with Crippen molar-refractivity contribution in [2.45, 2.75) is 13.0 Å². The van der Waals surface area contributed by atoms with E-state index in [4.69, 9.17) is 9.15 Å². The number of oxazole rings is 1. The van der Waals surface area contributed by atoms with Crippen molar-refractivity contribution in [2.24, 2.45) is 0 Å². The van der Waals surface area contributed by atoms with Gasteiger partial charge in [-0.3, -0.25) is 14.9 Å². The van der Waals surface area contributed by atoms with Gasteiger partial charge in [0.1, 0.15) is 5.69 Å². The molecule has 0 aliphatic heterocycles. The maximum Gasteiger partial charge on any atom is 0.303 e. The molecule has 154 valence electrons. The fraction of sp³-hybridized carbons (Fsp3) is 0.0800. The summed E-state index contributed by atoms with van der Waals surface area (Å²) >= 11 is 0. The van der Waals surface area contributed by atoms with Gasteiger partial charge in [-0.05, 0) is 0 Å². The topological polar surface area (TPSA) is 81.4 Å². The molecule has 0 unspecified atom stereocenters. The molecule has 1 aromatic heterocycles. The van der Waals surface area contributed by atoms with E-state index in [-0.39, 0.29) is 6.01 Å². The molecule has 1 amide bonds. The summed E-state index contributed by atoms with van der Waals surface area (Å²) in [6, 6.07) is 27.9. The van der Waals surface area contributed by atoms with Gasteiger partial charge < -0.3 is 9.15 Å². The summed E-state index contributed by atoms with van der Waals surface area (Å²) in [7, 11) is 0. The lowest BCUT2D eigenvalue weighted by atomic mass is 10.1. The number of esters is 1. The van der Waals surface area contributed by atoms with E-state index in [9.17, 15) is 9.59 Å². The Morgan fingerprint density at radius 3 is 1.97 bits per heavy atom. The Morgan fingerprint density at radius 2 is 1.39 bits per heavy atom. The first kappa shape index (κ1) is 20.1. The van der Waals surface area contributed by atoms with Gasteiger partial charge in [0.05, 0.1) is 0 Å². The number of nitrogens with zero attached hydrogens (tertiary/aromatic N) is 1. The fourth-order valence-electron chi connectivity index (χ4n) is 3.19. The monoisotopic (exact) mass is 412 g/mol. The zero-order valence-corrected chi connectivity index (χ0v) is 16.8. The average Bonchev–Trinajstić information content (AvgIpc) is 3.23. The van der Waals surface area contributed by atoms with Crippen LogP contribution in [0.25, 0.3) is 22.6 Å². The van der Waals surface area contributed by atoms with Crippen molar-refractivity contribution in [1.29, 1.82) is 0 Å². The Balaban J connectivity index is 1.69. The molecule has 0 saturated carbocycles. The van der Waals surface area contributed by atoms with E-state index >= 15 is 0 Å². The van der Waals surface area contributed by atoms with E-state index < -0.39 is 18.0 Å². The van der Waals surface area contributed by atoms with Crippen LogP contribution in [0.5, 0.6) is 0 Å². The highest BCUT2D eigenvalue weighted by Gasteiger charge is 2.26. The average molecular weight is 412 g/mol. The second kappa shape index (κ2) is 9.09. The molecule has 0 aliphatic carbocycles. The van der Waals surface area contributed by atoms with Crippen molar-refractivity contribution >= 4 is 17.9 Å². The van der Waals surface area contributed by atoms with Crippen LogP contribution in [0.3, 0.4) is 0 Å². The van der Waals surface area contributed by atoms with Crippen LogP contribution in [0.15, 0.2) is 95.4 Å². The van der Waals surface area contributed by atoms with Crippen LogP contribution in [0.1, 0.15) is 18.6 Å². The zero-order chi connectivity index (χ0) is 21.6. The van der Waals surface area contributed by atoms with Crippen LogP contribution in [0, 0.1) is 0 Å². The van der Waals surface area contributed by atoms with Gasteiger partial charge in [-0.15, -0.1) is 0 Å². The Bertz CT molecular complexity index is 1120. The molecule has 1 atom stereocenters. The summed E-state index contributed by atoms with van der Waals surface area (Å²) in [5.74, 6) is -0.584. The number of anilines is 1. The van der Waals surface area contributed by atoms with Gasteiger partial charge in [0.2, 0.25) is 6.10 Å². The molecule has 0 fully saturated rings. The number of ether oxygens (including phenoxy) is 1. The van der Waals surface area contributed by atoms with Crippen molar-refractivity contribution in [3.63, 3.8) is 0 Å². The van der Waals surface area contributed by atoms with E-state index in [1.807, 2.05) is 66.7 Å². The van der Waals surface area contributed by atoms with Gasteiger partial charge in [0.25, 0.3) is 5.91 Å². The molecule has 1 N–H and O–H groups in total. The molecule has 1 heterocycles. The largest absolute Gasteiger partial charge is 0.447 e. The van der Waals surface area contributed by atoms with E-state index in [0.29, 0.717) is 17.0 Å². The predicted molar refractivity (Wildman–Crippen MR) is 117 cm³/mol. The van der Waals surface area contributed by atoms with E-state index in [2.05, 4.69) is 10.3 Å². The molecular weight excluding hydrogens is 392 g/mol. The van der Waals surface area contributed by atoms with Gasteiger partial charge in [0, 0.05) is 23.6 Å². The summed E-state index contributed by atoms with van der Waals surface area (Å²) in [4.78, 5) is 29.0. The van der Waals surface area contributed by atoms with Crippen LogP contribution in [-0.2, 0) is 14.3 Å². The molecule has 6 nitrogen and oxygen atoms in total. The number of rotatable bonds is 6. The highest BCUT2D eigenvalue weighted by Crippen LogP contribution is 2.34. The van der Waals surface area contributed by atoms with Crippen LogP contribution in [0.4, 0.5) is 6.01 Å². The smallest absolute Gasteiger partial charge is 0.303 e. The molecule has 4 rings (SSSR count). The Morgan fingerprint density at radius 1 is 0.839 bits per heavy atom. The maximum atomic E-state index is 13.0. The van der Waals surface area contributed by atoms with E-state index in [0.717, 1.165) is 11.1 Å². The first-order chi connectivity index (χ1) is 15.1. The first-order valence-corrected chi connectivity index (χ1v) is 9.76. The molecule has 3 aromatic carbocycles. The molecule has 0 bridgehead atoms. The Hall–Kier alpha value is -4.19. The second-order valence-corrected chi connectivity index (χ2v) is 6.82. The molecule has 0 aliphatic rings. The number of hydrogen-bond acceptors (Lipinski definition) is 5. The van der Waals surface area contributed by atoms with Crippen molar-refractivity contribution < 1.29 is 18.7 Å². The molecule has 0 saturated heterocycles. The molecule has 6 heteroatoms. The lowest BCUT2D eigenvalue weighted by Crippen LogP contribution is -2.25. The number of carbonyl (C=O) groups excluding carboxylic acids is 2. The van der Waals surface area contributed by atoms with Gasteiger partial charge in [-0.1, -0.05) is 91.0 Å². The quantitative estimate of drug-likeness (QED) is 0.437. The van der Waals surface area contributed by atoms with Crippen molar-refractivity contribution in [3.05, 3.63) is 96.6 Å². The van der Waals surface area contributed by atoms with Crippen LogP contribution < -0.4 is 5.32 Å². The molecule has 0 spiro atoms. The highest BCUT2D eigenvalue weighted by atomic mass is 16.5. The second-order valence-electron chi connectivity index (χ2n) is 6.82. The summed E-state index contributed by atoms with van der Waals surface area (Å²) in [6.45, 7) is 1.26. The Labute approximate surface area is 179 Å². The lowest BCUT2D eigenvalue weighted by molar-refractivity contribution is -0.152. The molecule has 0 radical (unpaired) electrons. The third kappa shape index (κ3) is 4.70. The van der Waals surface area contributed by atoms with Crippen LogP contribution in [-0.4, -0.2) is 16.9 Å². The number of benzene rings is 3. The number of nitrogens with one attached hydrogen (secondary N) is 1. The van der Waals surface area contributed by atoms with Gasteiger partial charge in [0.15, 0.2) is 5.76 Å². The Kier molecular flexibility index (Phi) is 5.89. The SMILES string of the molecule is CC(=O)O[C@@H](C(=O)Nc1nc(-c2ccccc2)c(-c2ccccc2)o1)c1ccccc1. The minimum absolute atomic E-state index is 0.0239. The summed E-state index contributed by atoms with van der Waals surface area (Å²) in [5.41, 5.74) is 2.83. The van der Waals surface area contributed by atoms with Gasteiger partial charge in [-0.25, -0.2) is 0 Å².